The summed E-state index contributed by atoms with van der Waals surface area (Å²) in [4.78, 5) is 35.3. The summed E-state index contributed by atoms with van der Waals surface area (Å²) in [6, 6.07) is 8.04. The van der Waals surface area contributed by atoms with E-state index in [2.05, 4.69) is 15.4 Å². The van der Waals surface area contributed by atoms with Crippen molar-refractivity contribution < 1.29 is 24.2 Å². The Labute approximate surface area is 161 Å². The molecule has 0 aliphatic rings. The van der Waals surface area contributed by atoms with Gasteiger partial charge < -0.3 is 20.5 Å². The van der Waals surface area contributed by atoms with Gasteiger partial charge in [-0.05, 0) is 65.4 Å². The monoisotopic (exact) mass is 390 g/mol. The van der Waals surface area contributed by atoms with E-state index < -0.39 is 17.8 Å². The Kier molecular flexibility index (Phi) is 7.97. The van der Waals surface area contributed by atoms with Crippen molar-refractivity contribution in [3.05, 3.63) is 52.2 Å². The summed E-state index contributed by atoms with van der Waals surface area (Å²) in [5, 5.41) is 18.2. The van der Waals surface area contributed by atoms with Gasteiger partial charge in [0.1, 0.15) is 0 Å². The molecule has 8 heteroatoms. The van der Waals surface area contributed by atoms with Crippen LogP contribution in [0.2, 0.25) is 0 Å². The molecule has 0 saturated carbocycles. The molecular formula is C19H22N2O5S. The molecule has 0 aliphatic heterocycles. The molecule has 0 aliphatic carbocycles. The highest BCUT2D eigenvalue weighted by molar-refractivity contribution is 7.08. The van der Waals surface area contributed by atoms with Crippen LogP contribution < -0.4 is 10.6 Å². The number of thiophene rings is 1. The lowest BCUT2D eigenvalue weighted by Crippen LogP contribution is -2.36. The van der Waals surface area contributed by atoms with Gasteiger partial charge >= 0.3 is 17.8 Å². The lowest BCUT2D eigenvalue weighted by atomic mass is 9.95. The van der Waals surface area contributed by atoms with Crippen molar-refractivity contribution in [2.75, 3.05) is 25.6 Å². The first-order chi connectivity index (χ1) is 13.0. The Hall–Kier alpha value is -2.71. The number of anilines is 1. The van der Waals surface area contributed by atoms with Crippen molar-refractivity contribution >= 4 is 34.8 Å². The quantitative estimate of drug-likeness (QED) is 0.473. The van der Waals surface area contributed by atoms with Crippen molar-refractivity contribution in [2.24, 2.45) is 0 Å². The van der Waals surface area contributed by atoms with Crippen LogP contribution in [0, 0.1) is 0 Å². The molecule has 3 N–H and O–H groups in total. The maximum Gasteiger partial charge on any atom is 0.337 e. The minimum Gasteiger partial charge on any atom is -0.465 e. The van der Waals surface area contributed by atoms with Crippen molar-refractivity contribution in [3.63, 3.8) is 0 Å². The maximum atomic E-state index is 12.0. The normalized spacial score (nSPS) is 11.5. The first-order valence-electron chi connectivity index (χ1n) is 8.45. The molecular weight excluding hydrogens is 368 g/mol. The number of esters is 1. The van der Waals surface area contributed by atoms with E-state index in [1.807, 2.05) is 16.8 Å². The van der Waals surface area contributed by atoms with Crippen LogP contribution in [-0.4, -0.2) is 43.2 Å². The molecule has 27 heavy (non-hydrogen) atoms. The molecule has 144 valence electrons. The summed E-state index contributed by atoms with van der Waals surface area (Å²) in [5.41, 5.74) is 1.88. The van der Waals surface area contributed by atoms with Gasteiger partial charge in [0, 0.05) is 18.8 Å². The number of carbonyl (C=O) groups is 3. The lowest BCUT2D eigenvalue weighted by Gasteiger charge is -2.15. The van der Waals surface area contributed by atoms with Crippen molar-refractivity contribution in [3.8, 4) is 0 Å². The van der Waals surface area contributed by atoms with E-state index in [1.165, 1.54) is 31.4 Å². The topological polar surface area (TPSA) is 105 Å². The first kappa shape index (κ1) is 20.6. The number of carbonyl (C=O) groups excluding carboxylic acids is 3. The number of hydrogen-bond donors (Lipinski definition) is 3. The number of aliphatic hydroxyl groups is 1. The zero-order valence-corrected chi connectivity index (χ0v) is 15.8. The summed E-state index contributed by atoms with van der Waals surface area (Å²) < 4.78 is 4.60. The molecule has 0 spiro atoms. The molecule has 1 atom stereocenters. The van der Waals surface area contributed by atoms with Gasteiger partial charge in [-0.3, -0.25) is 9.59 Å². The van der Waals surface area contributed by atoms with Gasteiger partial charge in [-0.25, -0.2) is 4.79 Å². The number of amides is 2. The molecule has 1 unspecified atom stereocenters. The SMILES string of the molecule is COC(=O)c1ccc(NC(=O)C(=O)NCCC(CCO)c2ccsc2)cc1. The Morgan fingerprint density at radius 2 is 1.85 bits per heavy atom. The number of methoxy groups -OCH3 is 1. The fourth-order valence-corrected chi connectivity index (χ4v) is 3.32. The third kappa shape index (κ3) is 6.19. The number of rotatable bonds is 8. The van der Waals surface area contributed by atoms with Crippen LogP contribution in [0.3, 0.4) is 0 Å². The number of hydrogen-bond acceptors (Lipinski definition) is 6. The second kappa shape index (κ2) is 10.4. The van der Waals surface area contributed by atoms with Gasteiger partial charge in [0.2, 0.25) is 0 Å². The van der Waals surface area contributed by atoms with Gasteiger partial charge in [-0.15, -0.1) is 0 Å². The smallest absolute Gasteiger partial charge is 0.337 e. The van der Waals surface area contributed by atoms with E-state index >= 15 is 0 Å². The molecule has 2 rings (SSSR count). The first-order valence-corrected chi connectivity index (χ1v) is 9.40. The van der Waals surface area contributed by atoms with Crippen molar-refractivity contribution in [2.45, 2.75) is 18.8 Å². The van der Waals surface area contributed by atoms with Crippen LogP contribution in [0.1, 0.15) is 34.7 Å². The van der Waals surface area contributed by atoms with E-state index in [0.29, 0.717) is 30.6 Å². The van der Waals surface area contributed by atoms with E-state index in [-0.39, 0.29) is 12.5 Å². The second-order valence-corrected chi connectivity index (χ2v) is 6.61. The summed E-state index contributed by atoms with van der Waals surface area (Å²) in [6.07, 6.45) is 1.23. The van der Waals surface area contributed by atoms with E-state index in [9.17, 15) is 19.5 Å². The fourth-order valence-electron chi connectivity index (χ4n) is 2.58. The molecule has 1 aromatic heterocycles. The highest BCUT2D eigenvalue weighted by atomic mass is 32.1. The molecule has 2 aromatic rings. The molecule has 0 radical (unpaired) electrons. The largest absolute Gasteiger partial charge is 0.465 e. The summed E-state index contributed by atoms with van der Waals surface area (Å²) in [6.45, 7) is 0.393. The Morgan fingerprint density at radius 1 is 1.11 bits per heavy atom. The third-order valence-electron chi connectivity index (χ3n) is 4.04. The van der Waals surface area contributed by atoms with Gasteiger partial charge in [-0.1, -0.05) is 0 Å². The molecule has 0 saturated heterocycles. The highest BCUT2D eigenvalue weighted by Gasteiger charge is 2.16. The van der Waals surface area contributed by atoms with Gasteiger partial charge in [0.15, 0.2) is 0 Å². The summed E-state index contributed by atoms with van der Waals surface area (Å²) >= 11 is 1.58. The fraction of sp³-hybridized carbons (Fsp3) is 0.316. The minimum absolute atomic E-state index is 0.0660. The number of ether oxygens (including phenoxy) is 1. The van der Waals surface area contributed by atoms with Crippen LogP contribution in [0.5, 0.6) is 0 Å². The van der Waals surface area contributed by atoms with Crippen LogP contribution in [0.25, 0.3) is 0 Å². The summed E-state index contributed by atoms with van der Waals surface area (Å²) in [7, 11) is 1.28. The average molecular weight is 390 g/mol. The van der Waals surface area contributed by atoms with Crippen LogP contribution in [0.4, 0.5) is 5.69 Å². The molecule has 1 heterocycles. The highest BCUT2D eigenvalue weighted by Crippen LogP contribution is 2.24. The van der Waals surface area contributed by atoms with E-state index in [1.54, 1.807) is 11.3 Å². The second-order valence-electron chi connectivity index (χ2n) is 5.83. The summed E-state index contributed by atoms with van der Waals surface area (Å²) in [5.74, 6) is -1.86. The van der Waals surface area contributed by atoms with Crippen LogP contribution in [0.15, 0.2) is 41.1 Å². The van der Waals surface area contributed by atoms with Gasteiger partial charge in [0.05, 0.1) is 12.7 Å². The predicted molar refractivity (Wildman–Crippen MR) is 103 cm³/mol. The van der Waals surface area contributed by atoms with Crippen molar-refractivity contribution in [1.29, 1.82) is 0 Å². The average Bonchev–Trinajstić information content (AvgIpc) is 3.21. The Morgan fingerprint density at radius 3 is 2.44 bits per heavy atom. The predicted octanol–water partition coefficient (Wildman–Crippen LogP) is 2.15. The molecule has 7 nitrogen and oxygen atoms in total. The van der Waals surface area contributed by atoms with Crippen molar-refractivity contribution in [1.82, 2.24) is 5.32 Å². The number of nitrogens with one attached hydrogen (secondary N) is 2. The molecule has 2 amide bonds. The standard InChI is InChI=1S/C19H22N2O5S/c1-26-19(25)14-2-4-16(5-3-14)21-18(24)17(23)20-9-6-13(7-10-22)15-8-11-27-12-15/h2-5,8,11-13,22H,6-7,9-10H2,1H3,(H,20,23)(H,21,24). The van der Waals surface area contributed by atoms with Crippen LogP contribution >= 0.6 is 11.3 Å². The minimum atomic E-state index is -0.782. The Balaban J connectivity index is 1.81. The van der Waals surface area contributed by atoms with E-state index in [4.69, 9.17) is 0 Å². The maximum absolute atomic E-state index is 12.0. The van der Waals surface area contributed by atoms with Gasteiger partial charge in [0.25, 0.3) is 0 Å². The van der Waals surface area contributed by atoms with Gasteiger partial charge in [-0.2, -0.15) is 11.3 Å². The van der Waals surface area contributed by atoms with E-state index in [0.717, 1.165) is 5.56 Å². The third-order valence-corrected chi connectivity index (χ3v) is 4.74. The molecule has 0 fully saturated rings. The molecule has 1 aromatic carbocycles. The Bertz CT molecular complexity index is 759. The molecule has 0 bridgehead atoms. The van der Waals surface area contributed by atoms with Crippen LogP contribution in [-0.2, 0) is 14.3 Å². The number of benzene rings is 1. The zero-order valence-electron chi connectivity index (χ0n) is 14.9. The zero-order chi connectivity index (χ0) is 19.6. The number of aliphatic hydroxyl groups excluding tert-OH is 1. The lowest BCUT2D eigenvalue weighted by molar-refractivity contribution is -0.136.